The number of benzene rings is 2. The molecule has 6 heteroatoms. The highest BCUT2D eigenvalue weighted by Crippen LogP contribution is 2.38. The van der Waals surface area contributed by atoms with E-state index in [9.17, 15) is 18.7 Å². The van der Waals surface area contributed by atoms with Crippen LogP contribution in [0.1, 0.15) is 17.5 Å². The third kappa shape index (κ3) is 2.72. The van der Waals surface area contributed by atoms with Gasteiger partial charge in [-0.1, -0.05) is 12.1 Å². The molecular weight excluding hydrogens is 304 g/mol. The van der Waals surface area contributed by atoms with Crippen LogP contribution in [0.2, 0.25) is 0 Å². The fourth-order valence-corrected chi connectivity index (χ4v) is 2.74. The fourth-order valence-electron chi connectivity index (χ4n) is 2.74. The van der Waals surface area contributed by atoms with Gasteiger partial charge in [0.15, 0.2) is 11.6 Å². The average molecular weight is 319 g/mol. The van der Waals surface area contributed by atoms with Crippen molar-refractivity contribution in [1.82, 2.24) is 0 Å². The minimum Gasteiger partial charge on any atom is -0.507 e. The molecule has 1 N–H and O–H groups in total. The summed E-state index contributed by atoms with van der Waals surface area (Å²) in [5.74, 6) is -2.26. The summed E-state index contributed by atoms with van der Waals surface area (Å²) < 4.78 is 32.9. The maximum Gasteiger partial charge on any atom is 0.227 e. The summed E-state index contributed by atoms with van der Waals surface area (Å²) in [6.07, 6.45) is 0.331. The highest BCUT2D eigenvalue weighted by atomic mass is 19.2. The average Bonchev–Trinajstić information content (AvgIpc) is 2.55. The Hall–Kier alpha value is -2.63. The van der Waals surface area contributed by atoms with Gasteiger partial charge in [0.1, 0.15) is 11.5 Å². The van der Waals surface area contributed by atoms with Crippen molar-refractivity contribution in [3.8, 4) is 11.5 Å². The monoisotopic (exact) mass is 319 g/mol. The summed E-state index contributed by atoms with van der Waals surface area (Å²) in [5.41, 5.74) is 0.835. The van der Waals surface area contributed by atoms with E-state index < -0.39 is 11.6 Å². The van der Waals surface area contributed by atoms with E-state index in [4.69, 9.17) is 4.74 Å². The zero-order valence-electron chi connectivity index (χ0n) is 12.5. The number of ether oxygens (including phenoxy) is 1. The number of phenols is 1. The lowest BCUT2D eigenvalue weighted by atomic mass is 9.98. The van der Waals surface area contributed by atoms with Crippen molar-refractivity contribution in [2.45, 2.75) is 19.4 Å². The van der Waals surface area contributed by atoms with Crippen LogP contribution in [-0.4, -0.2) is 18.1 Å². The van der Waals surface area contributed by atoms with Crippen molar-refractivity contribution in [2.24, 2.45) is 0 Å². The Morgan fingerprint density at radius 2 is 1.91 bits per heavy atom. The maximum absolute atomic E-state index is 14.2. The topological polar surface area (TPSA) is 49.8 Å². The quantitative estimate of drug-likeness (QED) is 0.945. The molecule has 2 aromatic carbocycles. The first-order valence-corrected chi connectivity index (χ1v) is 7.14. The van der Waals surface area contributed by atoms with Crippen molar-refractivity contribution in [2.75, 3.05) is 12.0 Å². The molecule has 0 unspecified atom stereocenters. The minimum atomic E-state index is -1.17. The van der Waals surface area contributed by atoms with E-state index in [1.807, 2.05) is 0 Å². The molecule has 1 aliphatic heterocycles. The van der Waals surface area contributed by atoms with Crippen LogP contribution in [0, 0.1) is 11.6 Å². The van der Waals surface area contributed by atoms with E-state index in [-0.39, 0.29) is 42.3 Å². The number of phenolic OH excluding ortho intramolecular Hbond substituents is 1. The number of methoxy groups -OCH3 is 1. The summed E-state index contributed by atoms with van der Waals surface area (Å²) in [6.45, 7) is 0.0929. The number of anilines is 1. The molecule has 2 aromatic rings. The number of amides is 1. The highest BCUT2D eigenvalue weighted by Gasteiger charge is 2.31. The molecule has 1 heterocycles. The van der Waals surface area contributed by atoms with Crippen LogP contribution in [0.5, 0.6) is 11.5 Å². The second-order valence-electron chi connectivity index (χ2n) is 5.35. The lowest BCUT2D eigenvalue weighted by Crippen LogP contribution is -2.35. The second-order valence-corrected chi connectivity index (χ2v) is 5.35. The molecule has 3 rings (SSSR count). The normalized spacial score (nSPS) is 13.9. The Labute approximate surface area is 131 Å². The summed E-state index contributed by atoms with van der Waals surface area (Å²) in [5, 5.41) is 9.84. The number of fused-ring (bicyclic) bond motifs is 1. The standard InChI is InChI=1S/C17H15F2NO3/c1-23-11-4-2-10(3-5-11)9-20-15(22)7-6-12-14(21)8-13(18)16(19)17(12)20/h2-5,8,21H,6-7,9H2,1H3. The van der Waals surface area contributed by atoms with Crippen LogP contribution in [0.15, 0.2) is 30.3 Å². The molecule has 0 atom stereocenters. The predicted octanol–water partition coefficient (Wildman–Crippen LogP) is 3.16. The summed E-state index contributed by atoms with van der Waals surface area (Å²) >= 11 is 0. The van der Waals surface area contributed by atoms with Crippen LogP contribution < -0.4 is 9.64 Å². The van der Waals surface area contributed by atoms with Gasteiger partial charge in [0.05, 0.1) is 19.3 Å². The van der Waals surface area contributed by atoms with Gasteiger partial charge in [-0.2, -0.15) is 0 Å². The van der Waals surface area contributed by atoms with E-state index >= 15 is 0 Å². The van der Waals surface area contributed by atoms with Crippen molar-refractivity contribution >= 4 is 11.6 Å². The molecule has 0 spiro atoms. The Bertz CT molecular complexity index is 759. The van der Waals surface area contributed by atoms with E-state index in [1.54, 1.807) is 31.4 Å². The van der Waals surface area contributed by atoms with Gasteiger partial charge >= 0.3 is 0 Å². The van der Waals surface area contributed by atoms with Crippen molar-refractivity contribution < 1.29 is 23.4 Å². The summed E-state index contributed by atoms with van der Waals surface area (Å²) in [7, 11) is 1.54. The number of nitrogens with zero attached hydrogens (tertiary/aromatic N) is 1. The Morgan fingerprint density at radius 1 is 1.22 bits per heavy atom. The molecule has 0 aliphatic carbocycles. The number of carbonyl (C=O) groups excluding carboxylic acids is 1. The molecule has 0 fully saturated rings. The number of hydrogen-bond donors (Lipinski definition) is 1. The maximum atomic E-state index is 14.2. The molecule has 0 radical (unpaired) electrons. The van der Waals surface area contributed by atoms with Gasteiger partial charge in [-0.05, 0) is 24.1 Å². The van der Waals surface area contributed by atoms with E-state index in [0.717, 1.165) is 11.6 Å². The summed E-state index contributed by atoms with van der Waals surface area (Å²) in [6, 6.07) is 7.69. The molecule has 0 aromatic heterocycles. The Balaban J connectivity index is 2.01. The van der Waals surface area contributed by atoms with Crippen LogP contribution in [0.3, 0.4) is 0 Å². The molecule has 120 valence electrons. The van der Waals surface area contributed by atoms with Crippen LogP contribution in [0.25, 0.3) is 0 Å². The van der Waals surface area contributed by atoms with Crippen LogP contribution >= 0.6 is 0 Å². The third-order valence-electron chi connectivity index (χ3n) is 3.94. The zero-order chi connectivity index (χ0) is 16.6. The zero-order valence-corrected chi connectivity index (χ0v) is 12.5. The molecule has 1 aliphatic rings. The van der Waals surface area contributed by atoms with E-state index in [1.165, 1.54) is 4.90 Å². The number of hydrogen-bond acceptors (Lipinski definition) is 3. The van der Waals surface area contributed by atoms with Crippen LogP contribution in [0.4, 0.5) is 14.5 Å². The van der Waals surface area contributed by atoms with Crippen molar-refractivity contribution in [3.63, 3.8) is 0 Å². The number of carbonyl (C=O) groups is 1. The lowest BCUT2D eigenvalue weighted by molar-refractivity contribution is -0.119. The van der Waals surface area contributed by atoms with Crippen molar-refractivity contribution in [3.05, 3.63) is 53.1 Å². The van der Waals surface area contributed by atoms with Crippen LogP contribution in [-0.2, 0) is 17.8 Å². The molecule has 0 saturated heterocycles. The molecule has 23 heavy (non-hydrogen) atoms. The fraction of sp³-hybridized carbons (Fsp3) is 0.235. The molecular formula is C17H15F2NO3. The Kier molecular flexibility index (Phi) is 3.90. The van der Waals surface area contributed by atoms with E-state index in [0.29, 0.717) is 5.75 Å². The van der Waals surface area contributed by atoms with Gasteiger partial charge < -0.3 is 14.7 Å². The van der Waals surface area contributed by atoms with Gasteiger partial charge in [0, 0.05) is 18.1 Å². The SMILES string of the molecule is COc1ccc(CN2C(=O)CCc3c(O)cc(F)c(F)c32)cc1. The first kappa shape index (κ1) is 15.3. The van der Waals surface area contributed by atoms with Crippen molar-refractivity contribution in [1.29, 1.82) is 0 Å². The molecule has 0 bridgehead atoms. The predicted molar refractivity (Wildman–Crippen MR) is 80.5 cm³/mol. The number of aromatic hydroxyl groups is 1. The van der Waals surface area contributed by atoms with Gasteiger partial charge in [0.2, 0.25) is 5.91 Å². The largest absolute Gasteiger partial charge is 0.507 e. The number of rotatable bonds is 3. The molecule has 4 nitrogen and oxygen atoms in total. The smallest absolute Gasteiger partial charge is 0.227 e. The Morgan fingerprint density at radius 3 is 2.57 bits per heavy atom. The second kappa shape index (κ2) is 5.87. The minimum absolute atomic E-state index is 0.0929. The van der Waals surface area contributed by atoms with E-state index in [2.05, 4.69) is 0 Å². The first-order valence-electron chi connectivity index (χ1n) is 7.14. The number of halogens is 2. The van der Waals surface area contributed by atoms with Gasteiger partial charge in [-0.3, -0.25) is 4.79 Å². The first-order chi connectivity index (χ1) is 11.0. The van der Waals surface area contributed by atoms with Gasteiger partial charge in [-0.25, -0.2) is 8.78 Å². The van der Waals surface area contributed by atoms with Gasteiger partial charge in [0.25, 0.3) is 0 Å². The summed E-state index contributed by atoms with van der Waals surface area (Å²) in [4.78, 5) is 13.4. The molecule has 0 saturated carbocycles. The van der Waals surface area contributed by atoms with Gasteiger partial charge in [-0.15, -0.1) is 0 Å². The lowest BCUT2D eigenvalue weighted by Gasteiger charge is -2.30. The molecule has 1 amide bonds. The third-order valence-corrected chi connectivity index (χ3v) is 3.94. The highest BCUT2D eigenvalue weighted by molar-refractivity contribution is 5.97.